The monoisotopic (exact) mass is 445 g/mol. The van der Waals surface area contributed by atoms with Crippen LogP contribution in [0.1, 0.15) is 33.3 Å². The second-order valence-corrected chi connectivity index (χ2v) is 6.42. The summed E-state index contributed by atoms with van der Waals surface area (Å²) < 4.78 is 111. The molecule has 11 heteroatoms. The van der Waals surface area contributed by atoms with Gasteiger partial charge in [0, 0.05) is 30.3 Å². The molecular weight excluding hydrogens is 422 g/mol. The summed E-state index contributed by atoms with van der Waals surface area (Å²) in [5, 5.41) is 4.34. The highest BCUT2D eigenvalue weighted by Crippen LogP contribution is 2.34. The molecule has 1 aromatic rings. The van der Waals surface area contributed by atoms with E-state index in [0.717, 1.165) is 0 Å². The minimum absolute atomic E-state index is 0.529. The predicted molar refractivity (Wildman–Crippen MR) is 98.3 cm³/mol. The zero-order valence-electron chi connectivity index (χ0n) is 16.7. The van der Waals surface area contributed by atoms with Crippen LogP contribution in [0.5, 0.6) is 0 Å². The van der Waals surface area contributed by atoms with E-state index >= 15 is 0 Å². The van der Waals surface area contributed by atoms with Crippen LogP contribution in [-0.2, 0) is 6.54 Å². The zero-order chi connectivity index (χ0) is 23.3. The van der Waals surface area contributed by atoms with Crippen molar-refractivity contribution >= 4 is 5.69 Å². The summed E-state index contributed by atoms with van der Waals surface area (Å²) in [4.78, 5) is 0. The molecule has 0 spiro atoms. The third-order valence-corrected chi connectivity index (χ3v) is 4.02. The highest BCUT2D eigenvalue weighted by atomic mass is 19.2. The molecule has 0 saturated heterocycles. The van der Waals surface area contributed by atoms with Crippen LogP contribution in [0.25, 0.3) is 0 Å². The lowest BCUT2D eigenvalue weighted by Crippen LogP contribution is -2.35. The van der Waals surface area contributed by atoms with Gasteiger partial charge >= 0.3 is 0 Å². The molecular formula is C19H23F8N3. The van der Waals surface area contributed by atoms with Gasteiger partial charge in [0.05, 0.1) is 5.70 Å². The second-order valence-electron chi connectivity index (χ2n) is 6.42. The van der Waals surface area contributed by atoms with Crippen LogP contribution < -0.4 is 16.4 Å². The van der Waals surface area contributed by atoms with E-state index in [0.29, 0.717) is 0 Å². The number of benzene rings is 1. The summed E-state index contributed by atoms with van der Waals surface area (Å²) in [6.45, 7) is 5.18. The van der Waals surface area contributed by atoms with Crippen molar-refractivity contribution in [2.75, 3.05) is 11.9 Å². The Balaban J connectivity index is 0.00000218. The molecule has 3 nitrogen and oxygen atoms in total. The summed E-state index contributed by atoms with van der Waals surface area (Å²) in [7, 11) is 0. The number of hydrogen-bond donors (Lipinski definition) is 3. The van der Waals surface area contributed by atoms with Crippen molar-refractivity contribution in [1.29, 1.82) is 0 Å². The van der Waals surface area contributed by atoms with Gasteiger partial charge in [0.25, 0.3) is 0 Å². The minimum atomic E-state index is -2.64. The standard InChI is InChI=1S/C17H17F8N3.C2H6/c1-5(2)28-17-14(24)10(20)7(11(21)15(17)25)4-27-3-6-8(18)12(22)16(26)13(23)9(6)19;1-2/h5,8,12,27-28H,3-4,26H2,1-2H3;1-2H3. The Morgan fingerprint density at radius 2 is 1.30 bits per heavy atom. The molecule has 0 saturated carbocycles. The lowest BCUT2D eigenvalue weighted by molar-refractivity contribution is 0.205. The van der Waals surface area contributed by atoms with E-state index in [-0.39, 0.29) is 0 Å². The molecule has 1 aliphatic rings. The molecule has 0 aromatic heterocycles. The maximum Gasteiger partial charge on any atom is 0.185 e. The van der Waals surface area contributed by atoms with Gasteiger partial charge < -0.3 is 16.4 Å². The van der Waals surface area contributed by atoms with Gasteiger partial charge in [-0.05, 0) is 13.8 Å². The average Bonchev–Trinajstić information content (AvgIpc) is 2.72. The van der Waals surface area contributed by atoms with Crippen LogP contribution in [0.4, 0.5) is 40.8 Å². The van der Waals surface area contributed by atoms with Crippen molar-refractivity contribution in [3.8, 4) is 0 Å². The lowest BCUT2D eigenvalue weighted by Gasteiger charge is -2.23. The highest BCUT2D eigenvalue weighted by Gasteiger charge is 2.37. The zero-order valence-corrected chi connectivity index (χ0v) is 16.7. The first-order chi connectivity index (χ1) is 14.0. The van der Waals surface area contributed by atoms with Crippen molar-refractivity contribution < 1.29 is 35.1 Å². The van der Waals surface area contributed by atoms with E-state index in [1.807, 2.05) is 13.8 Å². The van der Waals surface area contributed by atoms with Gasteiger partial charge in [0.15, 0.2) is 47.3 Å². The van der Waals surface area contributed by atoms with Crippen LogP contribution in [0.2, 0.25) is 0 Å². The number of rotatable bonds is 6. The topological polar surface area (TPSA) is 50.1 Å². The van der Waals surface area contributed by atoms with E-state index in [4.69, 9.17) is 5.73 Å². The first-order valence-corrected chi connectivity index (χ1v) is 9.13. The molecule has 0 aliphatic heterocycles. The molecule has 1 aromatic carbocycles. The first kappa shape index (κ1) is 25.7. The maximum atomic E-state index is 14.1. The molecule has 4 N–H and O–H groups in total. The Kier molecular flexibility index (Phi) is 9.13. The van der Waals surface area contributed by atoms with Crippen LogP contribution in [0.3, 0.4) is 0 Å². The molecule has 0 heterocycles. The Labute approximate surface area is 169 Å². The number of alkyl halides is 2. The number of hydrogen-bond acceptors (Lipinski definition) is 3. The summed E-state index contributed by atoms with van der Waals surface area (Å²) >= 11 is 0. The molecule has 1 aliphatic carbocycles. The van der Waals surface area contributed by atoms with Gasteiger partial charge in [-0.1, -0.05) is 13.8 Å². The quantitative estimate of drug-likeness (QED) is 0.415. The number of halogens is 8. The Hall–Kier alpha value is -2.30. The van der Waals surface area contributed by atoms with Crippen molar-refractivity contribution in [3.05, 3.63) is 51.8 Å². The van der Waals surface area contributed by atoms with Gasteiger partial charge in [-0.3, -0.25) is 0 Å². The molecule has 2 rings (SSSR count). The minimum Gasteiger partial charge on any atom is -0.397 e. The normalized spacial score (nSPS) is 19.2. The second kappa shape index (κ2) is 10.6. The predicted octanol–water partition coefficient (Wildman–Crippen LogP) is 5.23. The van der Waals surface area contributed by atoms with Crippen LogP contribution >= 0.6 is 0 Å². The van der Waals surface area contributed by atoms with Crippen molar-refractivity contribution in [2.24, 2.45) is 5.73 Å². The number of allylic oxidation sites excluding steroid dienone is 3. The van der Waals surface area contributed by atoms with Crippen molar-refractivity contribution in [2.45, 2.75) is 52.6 Å². The van der Waals surface area contributed by atoms with Crippen molar-refractivity contribution in [3.63, 3.8) is 0 Å². The molecule has 0 bridgehead atoms. The maximum absolute atomic E-state index is 14.1. The highest BCUT2D eigenvalue weighted by molar-refractivity contribution is 5.50. The van der Waals surface area contributed by atoms with E-state index in [9.17, 15) is 35.1 Å². The number of nitrogens with two attached hydrogens (primary N) is 1. The van der Waals surface area contributed by atoms with Gasteiger partial charge in [0.1, 0.15) is 5.69 Å². The molecule has 0 radical (unpaired) electrons. The van der Waals surface area contributed by atoms with E-state index < -0.39 is 88.9 Å². The molecule has 30 heavy (non-hydrogen) atoms. The van der Waals surface area contributed by atoms with Crippen LogP contribution in [0.15, 0.2) is 22.9 Å². The first-order valence-electron chi connectivity index (χ1n) is 9.13. The molecule has 0 fully saturated rings. The fourth-order valence-corrected chi connectivity index (χ4v) is 2.59. The molecule has 0 amide bonds. The summed E-state index contributed by atoms with van der Waals surface area (Å²) in [5.41, 5.74) is 0.573. The third-order valence-electron chi connectivity index (χ3n) is 4.02. The molecule has 170 valence electrons. The van der Waals surface area contributed by atoms with E-state index in [2.05, 4.69) is 10.6 Å². The Morgan fingerprint density at radius 3 is 1.77 bits per heavy atom. The Bertz CT molecular complexity index is 807. The average molecular weight is 445 g/mol. The van der Waals surface area contributed by atoms with Gasteiger partial charge in [0.2, 0.25) is 0 Å². The molecule has 2 unspecified atom stereocenters. The van der Waals surface area contributed by atoms with Gasteiger partial charge in [-0.25, -0.2) is 35.1 Å². The SMILES string of the molecule is CC.CC(C)Nc1c(F)c(F)c(CNCC2=C(F)C(F)=C(N)C(F)C2F)c(F)c1F. The van der Waals surface area contributed by atoms with Crippen LogP contribution in [0, 0.1) is 23.3 Å². The Morgan fingerprint density at radius 1 is 0.800 bits per heavy atom. The molecule has 2 atom stereocenters. The lowest BCUT2D eigenvalue weighted by atomic mass is 9.97. The van der Waals surface area contributed by atoms with Gasteiger partial charge in [-0.15, -0.1) is 0 Å². The largest absolute Gasteiger partial charge is 0.397 e. The number of nitrogens with one attached hydrogen (secondary N) is 2. The van der Waals surface area contributed by atoms with Crippen molar-refractivity contribution in [1.82, 2.24) is 5.32 Å². The fraction of sp³-hybridized carbons (Fsp3) is 0.474. The van der Waals surface area contributed by atoms with E-state index in [1.165, 1.54) is 13.8 Å². The van der Waals surface area contributed by atoms with Crippen LogP contribution in [-0.4, -0.2) is 24.9 Å². The number of anilines is 1. The third kappa shape index (κ3) is 5.05. The summed E-state index contributed by atoms with van der Waals surface area (Å²) in [5.74, 6) is -10.3. The van der Waals surface area contributed by atoms with E-state index in [1.54, 1.807) is 0 Å². The summed E-state index contributed by atoms with van der Waals surface area (Å²) in [6, 6.07) is -0.529. The summed E-state index contributed by atoms with van der Waals surface area (Å²) in [6.07, 6.45) is -5.27. The smallest absolute Gasteiger partial charge is 0.185 e. The fourth-order valence-electron chi connectivity index (χ4n) is 2.59. The van der Waals surface area contributed by atoms with Gasteiger partial charge in [-0.2, -0.15) is 0 Å².